The molecule has 2 aromatic rings. The highest BCUT2D eigenvalue weighted by molar-refractivity contribution is 5.79. The van der Waals surface area contributed by atoms with Crippen LogP contribution in [0, 0.1) is 11.7 Å². The lowest BCUT2D eigenvalue weighted by atomic mass is 9.84. The first kappa shape index (κ1) is 25.9. The number of carbonyl (C=O) groups excluding carboxylic acids is 1. The molecule has 1 aliphatic carbocycles. The quantitative estimate of drug-likeness (QED) is 0.452. The predicted octanol–water partition coefficient (Wildman–Crippen LogP) is 1.56. The molecule has 202 valence electrons. The van der Waals surface area contributed by atoms with E-state index in [2.05, 4.69) is 15.0 Å². The van der Waals surface area contributed by atoms with E-state index >= 15 is 0 Å². The van der Waals surface area contributed by atoms with Crippen LogP contribution in [0.4, 0.5) is 10.4 Å². The van der Waals surface area contributed by atoms with Gasteiger partial charge in [0, 0.05) is 55.7 Å². The fourth-order valence-corrected chi connectivity index (χ4v) is 5.57. The first-order valence-electron chi connectivity index (χ1n) is 13.1. The van der Waals surface area contributed by atoms with Gasteiger partial charge in [0.2, 0.25) is 5.91 Å². The standard InChI is InChI=1S/C26H37FN6O4/c1-16(2)23-30-24(37-31-23)32-8-5-18(6-9-32)26(29)15-25(26,28)7-10-36-20-4-3-17(21(27)12-20)11-22(35)33-13-19(34)14-33/h3-4,12,16,18-19,34H,5-11,13-15,28-29H2,1-2H3/t25-,26?/m0/s1. The third-order valence-corrected chi connectivity index (χ3v) is 8.25. The number of aromatic nitrogens is 2. The Morgan fingerprint density at radius 2 is 2.03 bits per heavy atom. The monoisotopic (exact) mass is 516 g/mol. The largest absolute Gasteiger partial charge is 0.493 e. The minimum Gasteiger partial charge on any atom is -0.493 e. The molecule has 37 heavy (non-hydrogen) atoms. The Bertz CT molecular complexity index is 1130. The molecule has 0 radical (unpaired) electrons. The van der Waals surface area contributed by atoms with Crippen molar-refractivity contribution < 1.29 is 23.6 Å². The Morgan fingerprint density at radius 1 is 1.30 bits per heavy atom. The molecule has 3 aliphatic rings. The van der Waals surface area contributed by atoms with Crippen LogP contribution in [0.2, 0.25) is 0 Å². The number of rotatable bonds is 9. The number of piperidine rings is 1. The van der Waals surface area contributed by atoms with Gasteiger partial charge in [-0.3, -0.25) is 4.79 Å². The van der Waals surface area contributed by atoms with Crippen molar-refractivity contribution in [3.63, 3.8) is 0 Å². The Hall–Kier alpha value is -2.76. The van der Waals surface area contributed by atoms with Gasteiger partial charge >= 0.3 is 6.01 Å². The topological polar surface area (TPSA) is 144 Å². The summed E-state index contributed by atoms with van der Waals surface area (Å²) in [4.78, 5) is 20.3. The Labute approximate surface area is 216 Å². The van der Waals surface area contributed by atoms with E-state index in [0.29, 0.717) is 55.2 Å². The first-order valence-corrected chi connectivity index (χ1v) is 13.1. The Balaban J connectivity index is 1.08. The average molecular weight is 517 g/mol. The molecule has 1 unspecified atom stereocenters. The first-order chi connectivity index (χ1) is 17.6. The zero-order valence-corrected chi connectivity index (χ0v) is 21.5. The molecule has 2 saturated heterocycles. The van der Waals surface area contributed by atoms with Crippen molar-refractivity contribution in [2.75, 3.05) is 37.7 Å². The van der Waals surface area contributed by atoms with Gasteiger partial charge in [-0.15, -0.1) is 0 Å². The number of β-amino-alcohol motifs (C(OH)–C–C–N with tert-alkyl or cyclic N) is 1. The van der Waals surface area contributed by atoms with Crippen LogP contribution in [0.3, 0.4) is 0 Å². The molecule has 5 rings (SSSR count). The van der Waals surface area contributed by atoms with E-state index in [1.807, 2.05) is 13.8 Å². The number of hydrogen-bond acceptors (Lipinski definition) is 9. The second kappa shape index (κ2) is 9.85. The summed E-state index contributed by atoms with van der Waals surface area (Å²) >= 11 is 0. The normalized spacial score (nSPS) is 26.5. The highest BCUT2D eigenvalue weighted by Crippen LogP contribution is 2.53. The van der Waals surface area contributed by atoms with Crippen LogP contribution >= 0.6 is 0 Å². The van der Waals surface area contributed by atoms with Crippen LogP contribution in [0.5, 0.6) is 5.75 Å². The molecule has 0 spiro atoms. The van der Waals surface area contributed by atoms with Crippen molar-refractivity contribution >= 4 is 11.9 Å². The minimum absolute atomic E-state index is 0.0371. The fourth-order valence-electron chi connectivity index (χ4n) is 5.57. The number of carbonyl (C=O) groups is 1. The highest BCUT2D eigenvalue weighted by Gasteiger charge is 2.65. The van der Waals surface area contributed by atoms with Crippen LogP contribution in [0.15, 0.2) is 22.7 Å². The lowest BCUT2D eigenvalue weighted by Crippen LogP contribution is -2.54. The van der Waals surface area contributed by atoms with Crippen molar-refractivity contribution in [2.45, 2.75) is 69.1 Å². The van der Waals surface area contributed by atoms with Gasteiger partial charge in [-0.2, -0.15) is 4.98 Å². The van der Waals surface area contributed by atoms with Crippen LogP contribution in [-0.2, 0) is 11.2 Å². The second-order valence-electron chi connectivity index (χ2n) is 11.2. The number of aliphatic hydroxyl groups is 1. The smallest absolute Gasteiger partial charge is 0.324 e. The Kier molecular flexibility index (Phi) is 6.88. The molecule has 1 saturated carbocycles. The average Bonchev–Trinajstić information content (AvgIpc) is 3.18. The molecular formula is C26H37FN6O4. The van der Waals surface area contributed by atoms with Crippen molar-refractivity contribution in [1.29, 1.82) is 0 Å². The summed E-state index contributed by atoms with van der Waals surface area (Å²) in [7, 11) is 0. The number of ether oxygens (including phenoxy) is 1. The van der Waals surface area contributed by atoms with Crippen LogP contribution in [0.1, 0.15) is 56.8 Å². The van der Waals surface area contributed by atoms with E-state index < -0.39 is 23.0 Å². The second-order valence-corrected chi connectivity index (χ2v) is 11.2. The molecule has 10 nitrogen and oxygen atoms in total. The molecule has 1 amide bonds. The zero-order chi connectivity index (χ0) is 26.4. The number of aliphatic hydroxyl groups excluding tert-OH is 1. The highest BCUT2D eigenvalue weighted by atomic mass is 19.1. The van der Waals surface area contributed by atoms with Crippen molar-refractivity contribution in [3.05, 3.63) is 35.4 Å². The van der Waals surface area contributed by atoms with Crippen LogP contribution < -0.4 is 21.1 Å². The van der Waals surface area contributed by atoms with E-state index in [9.17, 15) is 14.3 Å². The van der Waals surface area contributed by atoms with Crippen LogP contribution in [0.25, 0.3) is 0 Å². The maximum absolute atomic E-state index is 14.5. The van der Waals surface area contributed by atoms with E-state index in [0.717, 1.165) is 32.4 Å². The lowest BCUT2D eigenvalue weighted by molar-refractivity contribution is -0.140. The van der Waals surface area contributed by atoms with Crippen LogP contribution in [-0.4, -0.2) is 76.0 Å². The van der Waals surface area contributed by atoms with Gasteiger partial charge in [0.15, 0.2) is 5.82 Å². The van der Waals surface area contributed by atoms with Gasteiger partial charge in [-0.25, -0.2) is 4.39 Å². The summed E-state index contributed by atoms with van der Waals surface area (Å²) in [6, 6.07) is 5.11. The maximum Gasteiger partial charge on any atom is 0.324 e. The number of halogens is 1. The lowest BCUT2D eigenvalue weighted by Gasteiger charge is -2.36. The summed E-state index contributed by atoms with van der Waals surface area (Å²) in [6.07, 6.45) is 2.59. The Morgan fingerprint density at radius 3 is 2.65 bits per heavy atom. The van der Waals surface area contributed by atoms with Gasteiger partial charge in [0.05, 0.1) is 19.1 Å². The molecule has 2 aliphatic heterocycles. The van der Waals surface area contributed by atoms with Gasteiger partial charge in [-0.05, 0) is 36.8 Å². The van der Waals surface area contributed by atoms with Gasteiger partial charge in [-0.1, -0.05) is 25.1 Å². The van der Waals surface area contributed by atoms with E-state index in [-0.39, 0.29) is 18.2 Å². The number of nitrogens with two attached hydrogens (primary N) is 2. The molecular weight excluding hydrogens is 479 g/mol. The van der Waals surface area contributed by atoms with Gasteiger partial charge < -0.3 is 35.6 Å². The third-order valence-electron chi connectivity index (χ3n) is 8.25. The molecule has 3 fully saturated rings. The van der Waals surface area contributed by atoms with Crippen molar-refractivity contribution in [1.82, 2.24) is 15.0 Å². The molecule has 3 heterocycles. The fraction of sp³-hybridized carbons (Fsp3) is 0.654. The van der Waals surface area contributed by atoms with Gasteiger partial charge in [0.25, 0.3) is 0 Å². The zero-order valence-electron chi connectivity index (χ0n) is 21.5. The van der Waals surface area contributed by atoms with Gasteiger partial charge in [0.1, 0.15) is 11.6 Å². The third kappa shape index (κ3) is 5.17. The van der Waals surface area contributed by atoms with E-state index in [4.69, 9.17) is 20.7 Å². The summed E-state index contributed by atoms with van der Waals surface area (Å²) in [5.41, 5.74) is 12.8. The number of amides is 1. The summed E-state index contributed by atoms with van der Waals surface area (Å²) < 4.78 is 25.8. The molecule has 1 aromatic heterocycles. The van der Waals surface area contributed by atoms with E-state index in [1.54, 1.807) is 12.1 Å². The molecule has 5 N–H and O–H groups in total. The molecule has 1 aromatic carbocycles. The number of hydrogen-bond donors (Lipinski definition) is 3. The number of likely N-dealkylation sites (tertiary alicyclic amines) is 1. The minimum atomic E-state index is -0.512. The van der Waals surface area contributed by atoms with Crippen molar-refractivity contribution in [3.8, 4) is 5.75 Å². The maximum atomic E-state index is 14.5. The predicted molar refractivity (Wildman–Crippen MR) is 135 cm³/mol. The number of nitrogens with zero attached hydrogens (tertiary/aromatic N) is 4. The summed E-state index contributed by atoms with van der Waals surface area (Å²) in [5, 5.41) is 13.4. The number of benzene rings is 1. The summed E-state index contributed by atoms with van der Waals surface area (Å²) in [5.74, 6) is 0.947. The molecule has 0 bridgehead atoms. The SMILES string of the molecule is CC(C)c1noc(N2CCC(C3(N)C[C@@]3(N)CCOc3ccc(CC(=O)N4CC(O)C4)c(F)c3)CC2)n1. The number of anilines is 1. The molecule has 11 heteroatoms. The van der Waals surface area contributed by atoms with E-state index in [1.165, 1.54) is 11.0 Å². The molecule has 2 atom stereocenters. The van der Waals surface area contributed by atoms with Crippen molar-refractivity contribution in [2.24, 2.45) is 17.4 Å². The summed E-state index contributed by atoms with van der Waals surface area (Å²) in [6.45, 7) is 6.60.